The number of carbonyl (C=O) groups is 1. The van der Waals surface area contributed by atoms with Gasteiger partial charge in [-0.15, -0.1) is 0 Å². The van der Waals surface area contributed by atoms with Crippen LogP contribution in [0.3, 0.4) is 0 Å². The smallest absolute Gasteiger partial charge is 0.271 e. The average Bonchev–Trinajstić information content (AvgIpc) is 3.28. The van der Waals surface area contributed by atoms with Crippen molar-refractivity contribution in [1.82, 2.24) is 24.9 Å². The number of carbonyl (C=O) groups excluding carboxylic acids is 1. The van der Waals surface area contributed by atoms with Gasteiger partial charge in [0, 0.05) is 12.7 Å². The fourth-order valence-corrected chi connectivity index (χ4v) is 3.24. The SMILES string of the molecule is COc1ccc(CCNC(=O)c2ccn(Cn3nc(C)c(Br)c3C)n2)cc1OC. The van der Waals surface area contributed by atoms with Gasteiger partial charge in [-0.05, 0) is 60.0 Å². The van der Waals surface area contributed by atoms with Crippen LogP contribution < -0.4 is 14.8 Å². The Morgan fingerprint density at radius 1 is 1.14 bits per heavy atom. The Balaban J connectivity index is 1.56. The molecule has 1 aromatic carbocycles. The highest BCUT2D eigenvalue weighted by Gasteiger charge is 2.12. The van der Waals surface area contributed by atoms with Crippen LogP contribution in [0.15, 0.2) is 34.9 Å². The minimum atomic E-state index is -0.209. The Bertz CT molecular complexity index is 1010. The molecule has 0 fully saturated rings. The van der Waals surface area contributed by atoms with Crippen molar-refractivity contribution in [3.63, 3.8) is 0 Å². The number of aryl methyl sites for hydroxylation is 1. The van der Waals surface area contributed by atoms with Crippen LogP contribution in [0.1, 0.15) is 27.4 Å². The molecule has 0 saturated heterocycles. The minimum absolute atomic E-state index is 0.209. The van der Waals surface area contributed by atoms with Gasteiger partial charge in [-0.1, -0.05) is 6.07 Å². The molecule has 2 aromatic heterocycles. The van der Waals surface area contributed by atoms with Crippen LogP contribution in [-0.4, -0.2) is 46.2 Å². The lowest BCUT2D eigenvalue weighted by molar-refractivity contribution is 0.0948. The van der Waals surface area contributed by atoms with E-state index >= 15 is 0 Å². The molecule has 1 N–H and O–H groups in total. The zero-order valence-electron chi connectivity index (χ0n) is 16.9. The highest BCUT2D eigenvalue weighted by atomic mass is 79.9. The van der Waals surface area contributed by atoms with E-state index in [0.29, 0.717) is 36.8 Å². The number of amides is 1. The molecule has 3 aromatic rings. The largest absolute Gasteiger partial charge is 0.493 e. The van der Waals surface area contributed by atoms with E-state index in [1.165, 1.54) is 0 Å². The summed E-state index contributed by atoms with van der Waals surface area (Å²) in [5.41, 5.74) is 3.35. The van der Waals surface area contributed by atoms with E-state index < -0.39 is 0 Å². The highest BCUT2D eigenvalue weighted by Crippen LogP contribution is 2.27. The van der Waals surface area contributed by atoms with Crippen LogP contribution in [0, 0.1) is 13.8 Å². The molecular formula is C20H24BrN5O3. The van der Waals surface area contributed by atoms with Crippen LogP contribution in [0.25, 0.3) is 0 Å². The van der Waals surface area contributed by atoms with E-state index in [0.717, 1.165) is 21.4 Å². The molecule has 9 heteroatoms. The van der Waals surface area contributed by atoms with Crippen molar-refractivity contribution in [2.75, 3.05) is 20.8 Å². The van der Waals surface area contributed by atoms with Crippen molar-refractivity contribution in [1.29, 1.82) is 0 Å². The molecule has 0 aliphatic rings. The maximum absolute atomic E-state index is 12.4. The summed E-state index contributed by atoms with van der Waals surface area (Å²) in [7, 11) is 3.20. The summed E-state index contributed by atoms with van der Waals surface area (Å²) in [6.07, 6.45) is 2.44. The number of hydrogen-bond acceptors (Lipinski definition) is 5. The molecule has 0 bridgehead atoms. The number of methoxy groups -OCH3 is 2. The van der Waals surface area contributed by atoms with Crippen molar-refractivity contribution in [2.24, 2.45) is 0 Å². The number of rotatable bonds is 8. The number of nitrogens with zero attached hydrogens (tertiary/aromatic N) is 4. The van der Waals surface area contributed by atoms with Crippen LogP contribution in [0.5, 0.6) is 11.5 Å². The summed E-state index contributed by atoms with van der Waals surface area (Å²) in [6, 6.07) is 7.42. The standard InChI is InChI=1S/C20H24BrN5O3/c1-13-19(21)14(2)26(23-13)12-25-10-8-16(24-25)20(27)22-9-7-15-5-6-17(28-3)18(11-15)29-4/h5-6,8,10-11H,7,9,12H2,1-4H3,(H,22,27). The summed E-state index contributed by atoms with van der Waals surface area (Å²) in [4.78, 5) is 12.4. The van der Waals surface area contributed by atoms with Gasteiger partial charge in [0.2, 0.25) is 0 Å². The van der Waals surface area contributed by atoms with Gasteiger partial charge < -0.3 is 14.8 Å². The molecule has 1 amide bonds. The summed E-state index contributed by atoms with van der Waals surface area (Å²) >= 11 is 3.51. The van der Waals surface area contributed by atoms with Crippen LogP contribution >= 0.6 is 15.9 Å². The van der Waals surface area contributed by atoms with E-state index in [1.54, 1.807) is 31.2 Å². The van der Waals surface area contributed by atoms with Crippen molar-refractivity contribution in [3.8, 4) is 11.5 Å². The van der Waals surface area contributed by atoms with Gasteiger partial charge in [0.05, 0.1) is 30.1 Å². The Labute approximate surface area is 177 Å². The number of ether oxygens (including phenoxy) is 2. The zero-order valence-corrected chi connectivity index (χ0v) is 18.5. The van der Waals surface area contributed by atoms with Crippen molar-refractivity contribution in [2.45, 2.75) is 26.9 Å². The summed E-state index contributed by atoms with van der Waals surface area (Å²) < 4.78 is 15.1. The predicted molar refractivity (Wildman–Crippen MR) is 113 cm³/mol. The van der Waals surface area contributed by atoms with Gasteiger partial charge in [-0.25, -0.2) is 4.68 Å². The number of halogens is 1. The van der Waals surface area contributed by atoms with E-state index in [9.17, 15) is 4.79 Å². The molecule has 0 saturated carbocycles. The first-order valence-electron chi connectivity index (χ1n) is 9.15. The molecule has 8 nitrogen and oxygen atoms in total. The fraction of sp³-hybridized carbons (Fsp3) is 0.350. The molecule has 0 aliphatic heterocycles. The van der Waals surface area contributed by atoms with Crippen LogP contribution in [-0.2, 0) is 13.1 Å². The lowest BCUT2D eigenvalue weighted by Crippen LogP contribution is -2.26. The monoisotopic (exact) mass is 461 g/mol. The second-order valence-electron chi connectivity index (χ2n) is 6.56. The molecule has 0 unspecified atom stereocenters. The molecule has 2 heterocycles. The van der Waals surface area contributed by atoms with Gasteiger partial charge >= 0.3 is 0 Å². The lowest BCUT2D eigenvalue weighted by atomic mass is 10.1. The number of aromatic nitrogens is 4. The van der Waals surface area contributed by atoms with Gasteiger partial charge in [0.15, 0.2) is 11.5 Å². The minimum Gasteiger partial charge on any atom is -0.493 e. The average molecular weight is 462 g/mol. The molecule has 0 spiro atoms. The zero-order chi connectivity index (χ0) is 21.0. The lowest BCUT2D eigenvalue weighted by Gasteiger charge is -2.10. The summed E-state index contributed by atoms with van der Waals surface area (Å²) in [6.45, 7) is 4.85. The third kappa shape index (κ3) is 4.79. The van der Waals surface area contributed by atoms with Gasteiger partial charge in [0.25, 0.3) is 5.91 Å². The first kappa shape index (κ1) is 20.9. The Hall–Kier alpha value is -2.81. The normalized spacial score (nSPS) is 10.8. The Morgan fingerprint density at radius 2 is 1.90 bits per heavy atom. The highest BCUT2D eigenvalue weighted by molar-refractivity contribution is 9.10. The third-order valence-corrected chi connectivity index (χ3v) is 5.74. The molecule has 0 radical (unpaired) electrons. The van der Waals surface area contributed by atoms with Crippen molar-refractivity contribution >= 4 is 21.8 Å². The Kier molecular flexibility index (Phi) is 6.58. The molecule has 154 valence electrons. The number of benzene rings is 1. The van der Waals surface area contributed by atoms with E-state index in [1.807, 2.05) is 36.7 Å². The first-order chi connectivity index (χ1) is 13.9. The number of hydrogen-bond donors (Lipinski definition) is 1. The summed E-state index contributed by atoms with van der Waals surface area (Å²) in [5, 5.41) is 11.7. The van der Waals surface area contributed by atoms with Crippen molar-refractivity contribution in [3.05, 3.63) is 57.6 Å². The molecule has 3 rings (SSSR count). The maximum Gasteiger partial charge on any atom is 0.271 e. The molecule has 0 aliphatic carbocycles. The first-order valence-corrected chi connectivity index (χ1v) is 9.94. The Morgan fingerprint density at radius 3 is 2.55 bits per heavy atom. The number of nitrogens with one attached hydrogen (secondary N) is 1. The fourth-order valence-electron chi connectivity index (χ4n) is 2.96. The predicted octanol–water partition coefficient (Wildman–Crippen LogP) is 2.95. The van der Waals surface area contributed by atoms with Gasteiger partial charge in [0.1, 0.15) is 12.4 Å². The van der Waals surface area contributed by atoms with E-state index in [4.69, 9.17) is 9.47 Å². The van der Waals surface area contributed by atoms with Gasteiger partial charge in [-0.2, -0.15) is 10.2 Å². The van der Waals surface area contributed by atoms with Gasteiger partial charge in [-0.3, -0.25) is 9.48 Å². The van der Waals surface area contributed by atoms with E-state index in [2.05, 4.69) is 31.4 Å². The van der Waals surface area contributed by atoms with Crippen LogP contribution in [0.2, 0.25) is 0 Å². The van der Waals surface area contributed by atoms with Crippen LogP contribution in [0.4, 0.5) is 0 Å². The molecular weight excluding hydrogens is 438 g/mol. The second-order valence-corrected chi connectivity index (χ2v) is 7.35. The topological polar surface area (TPSA) is 83.2 Å². The van der Waals surface area contributed by atoms with Crippen molar-refractivity contribution < 1.29 is 14.3 Å². The van der Waals surface area contributed by atoms with E-state index in [-0.39, 0.29) is 5.91 Å². The maximum atomic E-state index is 12.4. The second kappa shape index (κ2) is 9.13. The molecule has 29 heavy (non-hydrogen) atoms. The summed E-state index contributed by atoms with van der Waals surface area (Å²) in [5.74, 6) is 1.14. The third-order valence-electron chi connectivity index (χ3n) is 4.59. The molecule has 0 atom stereocenters. The quantitative estimate of drug-likeness (QED) is 0.557.